The molecule has 3 fully saturated rings. The predicted molar refractivity (Wildman–Crippen MR) is 133 cm³/mol. The Morgan fingerprint density at radius 2 is 1.65 bits per heavy atom. The van der Waals surface area contributed by atoms with Crippen LogP contribution in [-0.2, 0) is 0 Å². The summed E-state index contributed by atoms with van der Waals surface area (Å²) in [6, 6.07) is 0. The van der Waals surface area contributed by atoms with E-state index < -0.39 is 0 Å². The Bertz CT molecular complexity index is 703. The molecule has 0 saturated heterocycles. The second-order valence-electron chi connectivity index (χ2n) is 14.1. The van der Waals surface area contributed by atoms with Crippen molar-refractivity contribution in [3.63, 3.8) is 0 Å². The molecule has 0 unspecified atom stereocenters. The van der Waals surface area contributed by atoms with Crippen molar-refractivity contribution < 1.29 is 5.11 Å². The lowest BCUT2D eigenvalue weighted by molar-refractivity contribution is -0.131. The van der Waals surface area contributed by atoms with Crippen LogP contribution in [0.4, 0.5) is 0 Å². The Kier molecular flexibility index (Phi) is 6.07. The molecule has 4 rings (SSSR count). The third kappa shape index (κ3) is 3.41. The molecule has 31 heavy (non-hydrogen) atoms. The van der Waals surface area contributed by atoms with Crippen molar-refractivity contribution in [2.24, 2.45) is 51.2 Å². The monoisotopic (exact) mass is 428 g/mol. The van der Waals surface area contributed by atoms with Gasteiger partial charge in [0.2, 0.25) is 0 Å². The summed E-state index contributed by atoms with van der Waals surface area (Å²) in [6.07, 6.45) is 15.8. The third-order valence-corrected chi connectivity index (χ3v) is 12.0. The van der Waals surface area contributed by atoms with Crippen LogP contribution in [0.2, 0.25) is 0 Å². The van der Waals surface area contributed by atoms with Gasteiger partial charge in [-0.05, 0) is 96.2 Å². The first-order valence-electron chi connectivity index (χ1n) is 13.8. The van der Waals surface area contributed by atoms with Gasteiger partial charge in [0.1, 0.15) is 0 Å². The third-order valence-electron chi connectivity index (χ3n) is 12.0. The average molecular weight is 429 g/mol. The molecule has 3 saturated carbocycles. The Labute approximate surface area is 193 Å². The van der Waals surface area contributed by atoms with Crippen molar-refractivity contribution in [1.82, 2.24) is 0 Å². The maximum absolute atomic E-state index is 10.8. The summed E-state index contributed by atoms with van der Waals surface area (Å²) in [5.41, 5.74) is 3.13. The molecular formula is C30H52O. The second-order valence-corrected chi connectivity index (χ2v) is 14.1. The summed E-state index contributed by atoms with van der Waals surface area (Å²) in [7, 11) is 0. The molecule has 1 nitrogen and oxygen atoms in total. The maximum Gasteiger partial charge on any atom is 0.0594 e. The van der Waals surface area contributed by atoms with Crippen molar-refractivity contribution in [3.05, 3.63) is 11.6 Å². The molecule has 1 heteroatoms. The first-order chi connectivity index (χ1) is 14.4. The fourth-order valence-corrected chi connectivity index (χ4v) is 9.70. The highest BCUT2D eigenvalue weighted by atomic mass is 16.3. The average Bonchev–Trinajstić information content (AvgIpc) is 2.96. The summed E-state index contributed by atoms with van der Waals surface area (Å²) in [6.45, 7) is 20.0. The normalized spacial score (nSPS) is 47.4. The van der Waals surface area contributed by atoms with Gasteiger partial charge in [0.15, 0.2) is 0 Å². The number of hydrogen-bond donors (Lipinski definition) is 1. The molecule has 4 aliphatic carbocycles. The molecule has 1 N–H and O–H groups in total. The standard InChI is InChI=1S/C30H52O/c1-20(2)10-9-11-21(3)22-14-18-30(8)24-12-13-25-27(4,5)26(31)16-17-28(25,6)23(24)15-19-29(22,30)7/h12,20-23,25-26,31H,9-11,13-19H2,1-8H3/t21-,22+,23+,25+,26+,28-,29+,30-/m1/s1. The van der Waals surface area contributed by atoms with E-state index in [-0.39, 0.29) is 11.5 Å². The van der Waals surface area contributed by atoms with E-state index in [1.807, 2.05) is 5.57 Å². The summed E-state index contributed by atoms with van der Waals surface area (Å²) in [4.78, 5) is 0. The lowest BCUT2D eigenvalue weighted by atomic mass is 9.41. The summed E-state index contributed by atoms with van der Waals surface area (Å²) in [5, 5.41) is 10.8. The van der Waals surface area contributed by atoms with E-state index in [4.69, 9.17) is 0 Å². The highest BCUT2D eigenvalue weighted by Gasteiger charge is 2.65. The van der Waals surface area contributed by atoms with Crippen LogP contribution in [0, 0.1) is 51.2 Å². The minimum atomic E-state index is -0.132. The summed E-state index contributed by atoms with van der Waals surface area (Å²) >= 11 is 0. The van der Waals surface area contributed by atoms with E-state index in [0.29, 0.717) is 22.2 Å². The van der Waals surface area contributed by atoms with Crippen LogP contribution >= 0.6 is 0 Å². The van der Waals surface area contributed by atoms with Gasteiger partial charge in [-0.25, -0.2) is 0 Å². The molecule has 4 aliphatic rings. The van der Waals surface area contributed by atoms with Gasteiger partial charge in [-0.15, -0.1) is 0 Å². The van der Waals surface area contributed by atoms with Crippen LogP contribution in [-0.4, -0.2) is 11.2 Å². The molecule has 0 aromatic rings. The number of aliphatic hydroxyl groups is 1. The molecule has 0 bridgehead atoms. The van der Waals surface area contributed by atoms with Crippen LogP contribution in [0.25, 0.3) is 0 Å². The molecule has 0 aromatic carbocycles. The number of hydrogen-bond acceptors (Lipinski definition) is 1. The van der Waals surface area contributed by atoms with E-state index in [2.05, 4.69) is 61.5 Å². The number of rotatable bonds is 5. The van der Waals surface area contributed by atoms with Gasteiger partial charge < -0.3 is 5.11 Å². The number of fused-ring (bicyclic) bond motifs is 5. The molecule has 178 valence electrons. The van der Waals surface area contributed by atoms with Crippen LogP contribution in [0.3, 0.4) is 0 Å². The predicted octanol–water partition coefficient (Wildman–Crippen LogP) is 8.41. The smallest absolute Gasteiger partial charge is 0.0594 e. The molecule has 0 aromatic heterocycles. The summed E-state index contributed by atoms with van der Waals surface area (Å²) < 4.78 is 0. The van der Waals surface area contributed by atoms with Crippen molar-refractivity contribution >= 4 is 0 Å². The zero-order valence-electron chi connectivity index (χ0n) is 22.1. The van der Waals surface area contributed by atoms with Gasteiger partial charge in [0, 0.05) is 0 Å². The lowest BCUT2D eigenvalue weighted by Gasteiger charge is -2.64. The Balaban J connectivity index is 1.60. The van der Waals surface area contributed by atoms with Crippen LogP contribution in [0.15, 0.2) is 11.6 Å². The minimum Gasteiger partial charge on any atom is -0.393 e. The zero-order valence-corrected chi connectivity index (χ0v) is 22.1. The van der Waals surface area contributed by atoms with Gasteiger partial charge in [-0.1, -0.05) is 86.3 Å². The van der Waals surface area contributed by atoms with E-state index in [9.17, 15) is 5.11 Å². The zero-order chi connectivity index (χ0) is 22.8. The highest BCUT2D eigenvalue weighted by molar-refractivity contribution is 5.33. The van der Waals surface area contributed by atoms with Crippen LogP contribution < -0.4 is 0 Å². The molecule has 8 atom stereocenters. The van der Waals surface area contributed by atoms with Gasteiger partial charge in [-0.3, -0.25) is 0 Å². The van der Waals surface area contributed by atoms with Crippen molar-refractivity contribution in [2.75, 3.05) is 0 Å². The number of allylic oxidation sites excluding steroid dienone is 2. The molecule has 0 spiro atoms. The second kappa shape index (κ2) is 7.89. The Morgan fingerprint density at radius 1 is 0.935 bits per heavy atom. The highest BCUT2D eigenvalue weighted by Crippen LogP contribution is 2.73. The van der Waals surface area contributed by atoms with E-state index in [0.717, 1.165) is 30.1 Å². The fraction of sp³-hybridized carbons (Fsp3) is 0.933. The van der Waals surface area contributed by atoms with Gasteiger partial charge in [0.05, 0.1) is 6.10 Å². The quantitative estimate of drug-likeness (QED) is 0.436. The Hall–Kier alpha value is -0.300. The van der Waals surface area contributed by atoms with Gasteiger partial charge in [0.25, 0.3) is 0 Å². The van der Waals surface area contributed by atoms with E-state index in [1.54, 1.807) is 0 Å². The van der Waals surface area contributed by atoms with Crippen molar-refractivity contribution in [1.29, 1.82) is 0 Å². The van der Waals surface area contributed by atoms with E-state index >= 15 is 0 Å². The van der Waals surface area contributed by atoms with Crippen molar-refractivity contribution in [3.8, 4) is 0 Å². The molecule has 0 radical (unpaired) electrons. The van der Waals surface area contributed by atoms with Gasteiger partial charge in [-0.2, -0.15) is 0 Å². The fourth-order valence-electron chi connectivity index (χ4n) is 9.70. The maximum atomic E-state index is 10.8. The SMILES string of the molecule is CC(C)CCC[C@@H](C)[C@@H]1CC[C@]2(C)C3=CC[C@H]4C(C)(C)[C@@H](O)CC[C@]4(C)[C@H]3CC[C@@]12C. The van der Waals surface area contributed by atoms with Crippen molar-refractivity contribution in [2.45, 2.75) is 126 Å². The lowest BCUT2D eigenvalue weighted by Crippen LogP contribution is -2.58. The number of aliphatic hydroxyl groups excluding tert-OH is 1. The topological polar surface area (TPSA) is 20.2 Å². The molecule has 0 amide bonds. The largest absolute Gasteiger partial charge is 0.393 e. The summed E-state index contributed by atoms with van der Waals surface area (Å²) in [5.74, 6) is 3.95. The molecular weight excluding hydrogens is 376 g/mol. The Morgan fingerprint density at radius 3 is 2.32 bits per heavy atom. The first-order valence-corrected chi connectivity index (χ1v) is 13.8. The molecule has 0 aliphatic heterocycles. The van der Waals surface area contributed by atoms with Crippen LogP contribution in [0.1, 0.15) is 120 Å². The van der Waals surface area contributed by atoms with E-state index in [1.165, 1.54) is 57.8 Å². The van der Waals surface area contributed by atoms with Crippen LogP contribution in [0.5, 0.6) is 0 Å². The first kappa shape index (κ1) is 23.8. The van der Waals surface area contributed by atoms with Gasteiger partial charge >= 0.3 is 0 Å². The molecule has 0 heterocycles. The minimum absolute atomic E-state index is 0.0415.